The third-order valence-electron chi connectivity index (χ3n) is 4.27. The van der Waals surface area contributed by atoms with Crippen LogP contribution in [0.2, 0.25) is 0 Å². The second-order valence-electron chi connectivity index (χ2n) is 6.52. The van der Waals surface area contributed by atoms with Gasteiger partial charge in [-0.25, -0.2) is 8.42 Å². The van der Waals surface area contributed by atoms with Crippen molar-refractivity contribution in [2.45, 2.75) is 20.3 Å². The highest BCUT2D eigenvalue weighted by Crippen LogP contribution is 2.19. The number of ether oxygens (including phenoxy) is 1. The molecule has 1 amide bonds. The van der Waals surface area contributed by atoms with Gasteiger partial charge < -0.3 is 10.1 Å². The average molecular weight is 391 g/mol. The maximum Gasteiger partial charge on any atom is 0.239 e. The molecule has 2 rings (SSSR count). The number of hydrogen-bond donors (Lipinski definition) is 1. The van der Waals surface area contributed by atoms with Crippen LogP contribution >= 0.6 is 0 Å². The fourth-order valence-corrected chi connectivity index (χ4v) is 3.60. The Morgan fingerprint density at radius 2 is 1.85 bits per heavy atom. The van der Waals surface area contributed by atoms with E-state index in [4.69, 9.17) is 4.74 Å². The van der Waals surface area contributed by atoms with Crippen LogP contribution in [0.25, 0.3) is 0 Å². The molecule has 6 nitrogen and oxygen atoms in total. The van der Waals surface area contributed by atoms with E-state index in [9.17, 15) is 13.2 Å². The molecule has 0 aliphatic carbocycles. The zero-order valence-corrected chi connectivity index (χ0v) is 17.0. The molecule has 0 heterocycles. The van der Waals surface area contributed by atoms with Crippen LogP contribution in [-0.4, -0.2) is 45.1 Å². The van der Waals surface area contributed by atoms with Gasteiger partial charge in [-0.2, -0.15) is 4.31 Å². The first-order valence-electron chi connectivity index (χ1n) is 8.65. The quantitative estimate of drug-likeness (QED) is 0.752. The van der Waals surface area contributed by atoms with E-state index in [1.165, 1.54) is 4.31 Å². The molecule has 0 aliphatic heterocycles. The predicted molar refractivity (Wildman–Crippen MR) is 108 cm³/mol. The van der Waals surface area contributed by atoms with Crippen molar-refractivity contribution in [1.29, 1.82) is 0 Å². The number of amides is 1. The summed E-state index contributed by atoms with van der Waals surface area (Å²) >= 11 is 0. The molecule has 0 fully saturated rings. The lowest BCUT2D eigenvalue weighted by Crippen LogP contribution is -2.38. The van der Waals surface area contributed by atoms with Crippen molar-refractivity contribution in [3.05, 3.63) is 59.2 Å². The highest BCUT2D eigenvalue weighted by Gasteiger charge is 2.21. The number of nitrogens with one attached hydrogen (secondary N) is 1. The van der Waals surface area contributed by atoms with E-state index in [1.54, 1.807) is 7.11 Å². The Morgan fingerprint density at radius 3 is 2.48 bits per heavy atom. The van der Waals surface area contributed by atoms with Crippen molar-refractivity contribution in [3.63, 3.8) is 0 Å². The molecule has 0 unspecified atom stereocenters. The van der Waals surface area contributed by atoms with Gasteiger partial charge in [0.1, 0.15) is 5.75 Å². The Balaban J connectivity index is 2.07. The summed E-state index contributed by atoms with van der Waals surface area (Å²) in [5.74, 6) is 0.332. The molecule has 1 N–H and O–H groups in total. The number of carbonyl (C=O) groups is 1. The van der Waals surface area contributed by atoms with Gasteiger partial charge in [0.15, 0.2) is 0 Å². The van der Waals surface area contributed by atoms with Gasteiger partial charge in [0.25, 0.3) is 0 Å². The van der Waals surface area contributed by atoms with Crippen LogP contribution < -0.4 is 10.1 Å². The minimum Gasteiger partial charge on any atom is -0.496 e. The SMILES string of the molecule is COc1ccccc1CCN(CC(=O)Nc1ccc(C)cc1C)S(C)(=O)=O. The van der Waals surface area contributed by atoms with Gasteiger partial charge >= 0.3 is 0 Å². The molecule has 2 aromatic carbocycles. The minimum atomic E-state index is -3.53. The first-order valence-corrected chi connectivity index (χ1v) is 10.5. The number of aryl methyl sites for hydroxylation is 2. The van der Waals surface area contributed by atoms with Gasteiger partial charge in [0.2, 0.25) is 15.9 Å². The summed E-state index contributed by atoms with van der Waals surface area (Å²) in [4.78, 5) is 12.4. The number of benzene rings is 2. The third kappa shape index (κ3) is 6.08. The van der Waals surface area contributed by atoms with Crippen LogP contribution in [0.1, 0.15) is 16.7 Å². The zero-order valence-electron chi connectivity index (χ0n) is 16.2. The molecule has 146 valence electrons. The van der Waals surface area contributed by atoms with Crippen molar-refractivity contribution < 1.29 is 17.9 Å². The lowest BCUT2D eigenvalue weighted by molar-refractivity contribution is -0.116. The molecule has 0 saturated heterocycles. The van der Waals surface area contributed by atoms with Gasteiger partial charge in [-0.15, -0.1) is 0 Å². The Morgan fingerprint density at radius 1 is 1.15 bits per heavy atom. The first-order chi connectivity index (χ1) is 12.7. The molecular formula is C20H26N2O4S. The predicted octanol–water partition coefficient (Wildman–Crippen LogP) is 2.75. The normalized spacial score (nSPS) is 11.4. The van der Waals surface area contributed by atoms with Crippen molar-refractivity contribution in [2.75, 3.05) is 31.8 Å². The standard InChI is InChI=1S/C20H26N2O4S/c1-15-9-10-18(16(2)13-15)21-20(23)14-22(27(4,24)25)12-11-17-7-5-6-8-19(17)26-3/h5-10,13H,11-12,14H2,1-4H3,(H,21,23). The summed E-state index contributed by atoms with van der Waals surface area (Å²) in [6.45, 7) is 3.83. The molecule has 0 spiro atoms. The summed E-state index contributed by atoms with van der Waals surface area (Å²) in [5, 5.41) is 2.79. The van der Waals surface area contributed by atoms with E-state index in [0.717, 1.165) is 22.9 Å². The van der Waals surface area contributed by atoms with Gasteiger partial charge in [0.05, 0.1) is 19.9 Å². The average Bonchev–Trinajstić information content (AvgIpc) is 2.60. The first kappa shape index (κ1) is 20.9. The largest absolute Gasteiger partial charge is 0.496 e. The number of sulfonamides is 1. The maximum atomic E-state index is 12.4. The molecule has 27 heavy (non-hydrogen) atoms. The van der Waals surface area contributed by atoms with E-state index < -0.39 is 10.0 Å². The zero-order chi connectivity index (χ0) is 20.0. The second-order valence-corrected chi connectivity index (χ2v) is 8.51. The Hall–Kier alpha value is -2.38. The van der Waals surface area contributed by atoms with Gasteiger partial charge in [-0.1, -0.05) is 35.9 Å². The van der Waals surface area contributed by atoms with Crippen LogP contribution in [0.3, 0.4) is 0 Å². The van der Waals surface area contributed by atoms with E-state index in [2.05, 4.69) is 5.32 Å². The molecule has 0 atom stereocenters. The van der Waals surface area contributed by atoms with Crippen LogP contribution in [0, 0.1) is 13.8 Å². The van der Waals surface area contributed by atoms with Crippen LogP contribution in [-0.2, 0) is 21.2 Å². The molecule has 0 aromatic heterocycles. The highest BCUT2D eigenvalue weighted by atomic mass is 32.2. The smallest absolute Gasteiger partial charge is 0.239 e. The number of para-hydroxylation sites is 1. The molecule has 0 saturated carbocycles. The van der Waals surface area contributed by atoms with Crippen molar-refractivity contribution >= 4 is 21.6 Å². The number of hydrogen-bond acceptors (Lipinski definition) is 4. The maximum absolute atomic E-state index is 12.4. The van der Waals surface area contributed by atoms with Crippen LogP contribution in [0.5, 0.6) is 5.75 Å². The lowest BCUT2D eigenvalue weighted by atomic mass is 10.1. The summed E-state index contributed by atoms with van der Waals surface area (Å²) in [5.41, 5.74) is 3.61. The summed E-state index contributed by atoms with van der Waals surface area (Å²) in [7, 11) is -1.95. The Bertz CT molecular complexity index is 910. The summed E-state index contributed by atoms with van der Waals surface area (Å²) in [6, 6.07) is 13.1. The Kier molecular flexibility index (Phi) is 6.98. The van der Waals surface area contributed by atoms with E-state index >= 15 is 0 Å². The van der Waals surface area contributed by atoms with Crippen LogP contribution in [0.15, 0.2) is 42.5 Å². The molecule has 0 bridgehead atoms. The number of anilines is 1. The second kappa shape index (κ2) is 9.01. The van der Waals surface area contributed by atoms with Crippen molar-refractivity contribution in [2.24, 2.45) is 0 Å². The Labute approximate surface area is 161 Å². The van der Waals surface area contributed by atoms with E-state index in [1.807, 2.05) is 56.3 Å². The molecule has 0 radical (unpaired) electrons. The number of methoxy groups -OCH3 is 1. The van der Waals surface area contributed by atoms with E-state index in [0.29, 0.717) is 17.9 Å². The van der Waals surface area contributed by atoms with E-state index in [-0.39, 0.29) is 19.0 Å². The van der Waals surface area contributed by atoms with Gasteiger partial charge in [0, 0.05) is 12.2 Å². The van der Waals surface area contributed by atoms with Gasteiger partial charge in [-0.05, 0) is 43.5 Å². The van der Waals surface area contributed by atoms with Gasteiger partial charge in [-0.3, -0.25) is 4.79 Å². The number of rotatable bonds is 8. The highest BCUT2D eigenvalue weighted by molar-refractivity contribution is 7.88. The molecule has 0 aliphatic rings. The van der Waals surface area contributed by atoms with Crippen molar-refractivity contribution in [1.82, 2.24) is 4.31 Å². The molecule has 2 aromatic rings. The number of nitrogens with zero attached hydrogens (tertiary/aromatic N) is 1. The fraction of sp³-hybridized carbons (Fsp3) is 0.350. The van der Waals surface area contributed by atoms with Crippen LogP contribution in [0.4, 0.5) is 5.69 Å². The molecular weight excluding hydrogens is 364 g/mol. The fourth-order valence-electron chi connectivity index (χ4n) is 2.82. The summed E-state index contributed by atoms with van der Waals surface area (Å²) in [6.07, 6.45) is 1.56. The minimum absolute atomic E-state index is 0.194. The summed E-state index contributed by atoms with van der Waals surface area (Å²) < 4.78 is 30.7. The monoisotopic (exact) mass is 390 g/mol. The molecule has 7 heteroatoms. The topological polar surface area (TPSA) is 75.7 Å². The third-order valence-corrected chi connectivity index (χ3v) is 5.52. The number of carbonyl (C=O) groups excluding carboxylic acids is 1. The van der Waals surface area contributed by atoms with Crippen molar-refractivity contribution in [3.8, 4) is 5.75 Å². The lowest BCUT2D eigenvalue weighted by Gasteiger charge is -2.20.